The van der Waals surface area contributed by atoms with E-state index in [0.717, 1.165) is 24.2 Å². The van der Waals surface area contributed by atoms with Crippen molar-refractivity contribution in [1.82, 2.24) is 4.57 Å². The first-order valence-electron chi connectivity index (χ1n) is 6.71. The normalized spacial score (nSPS) is 11.1. The predicted octanol–water partition coefficient (Wildman–Crippen LogP) is 3.21. The summed E-state index contributed by atoms with van der Waals surface area (Å²) in [5.74, 6) is 0.556. The molecule has 0 N–H and O–H groups in total. The summed E-state index contributed by atoms with van der Waals surface area (Å²) in [5.41, 5.74) is 2.66. The van der Waals surface area contributed by atoms with Crippen molar-refractivity contribution in [2.75, 3.05) is 0 Å². The largest absolute Gasteiger partial charge is 0.313 e. The molecule has 0 saturated carbocycles. The summed E-state index contributed by atoms with van der Waals surface area (Å²) >= 11 is 5.36. The molecule has 1 rings (SSSR count). The summed E-state index contributed by atoms with van der Waals surface area (Å²) in [4.78, 5) is 23.3. The number of aromatic nitrogens is 1. The Hall–Kier alpha value is -1.09. The maximum Gasteiger partial charge on any atom is 0.254 e. The molecule has 19 heavy (non-hydrogen) atoms. The molecular weight excluding hydrogens is 262 g/mol. The second-order valence-electron chi connectivity index (χ2n) is 5.44. The first-order chi connectivity index (χ1) is 8.82. The van der Waals surface area contributed by atoms with Crippen LogP contribution in [0.15, 0.2) is 10.9 Å². The molecule has 0 aromatic carbocycles. The van der Waals surface area contributed by atoms with E-state index in [-0.39, 0.29) is 12.0 Å². The van der Waals surface area contributed by atoms with Gasteiger partial charge in [0.25, 0.3) is 5.56 Å². The van der Waals surface area contributed by atoms with Gasteiger partial charge in [-0.25, -0.2) is 0 Å². The third-order valence-electron chi connectivity index (χ3n) is 3.33. The Morgan fingerprint density at radius 3 is 2.53 bits per heavy atom. The topological polar surface area (TPSA) is 39.1 Å². The van der Waals surface area contributed by atoms with Crippen molar-refractivity contribution in [2.45, 2.75) is 53.5 Å². The number of aryl methyl sites for hydroxylation is 2. The first kappa shape index (κ1) is 16.0. The van der Waals surface area contributed by atoms with Crippen LogP contribution < -0.4 is 5.56 Å². The van der Waals surface area contributed by atoms with E-state index in [4.69, 9.17) is 11.6 Å². The number of carbonyl (C=O) groups is 1. The zero-order valence-corrected chi connectivity index (χ0v) is 12.9. The van der Waals surface area contributed by atoms with Gasteiger partial charge in [-0.3, -0.25) is 9.59 Å². The molecule has 0 aliphatic heterocycles. The second kappa shape index (κ2) is 6.90. The van der Waals surface area contributed by atoms with Crippen LogP contribution in [0.4, 0.5) is 0 Å². The van der Waals surface area contributed by atoms with Gasteiger partial charge in [0.1, 0.15) is 0 Å². The maximum atomic E-state index is 12.4. The van der Waals surface area contributed by atoms with Crippen LogP contribution in [0.1, 0.15) is 43.5 Å². The standard InChI is InChI=1S/C15H22ClNO2/c1-10(2)7-8-17-12(4)9-11(3)13(15(17)19)5-6-14(16)18/h9-10H,5-8H2,1-4H3. The highest BCUT2D eigenvalue weighted by Gasteiger charge is 2.11. The molecule has 0 spiro atoms. The number of hydrogen-bond donors (Lipinski definition) is 0. The fourth-order valence-corrected chi connectivity index (χ4v) is 2.26. The molecular formula is C15H22ClNO2. The average molecular weight is 284 g/mol. The SMILES string of the molecule is Cc1cc(C)n(CCC(C)C)c(=O)c1CCC(=O)Cl. The molecule has 0 unspecified atom stereocenters. The number of rotatable bonds is 6. The lowest BCUT2D eigenvalue weighted by molar-refractivity contribution is -0.111. The molecule has 0 aliphatic carbocycles. The number of pyridine rings is 1. The van der Waals surface area contributed by atoms with Crippen molar-refractivity contribution in [3.05, 3.63) is 33.2 Å². The Bertz CT molecular complexity index is 518. The van der Waals surface area contributed by atoms with E-state index in [1.165, 1.54) is 0 Å². The minimum absolute atomic E-state index is 0.0241. The van der Waals surface area contributed by atoms with E-state index in [0.29, 0.717) is 17.9 Å². The molecule has 0 fully saturated rings. The molecule has 0 saturated heterocycles. The maximum absolute atomic E-state index is 12.4. The van der Waals surface area contributed by atoms with Gasteiger partial charge in [-0.2, -0.15) is 0 Å². The zero-order valence-electron chi connectivity index (χ0n) is 12.1. The summed E-state index contributed by atoms with van der Waals surface area (Å²) in [6.07, 6.45) is 1.61. The third-order valence-corrected chi connectivity index (χ3v) is 3.52. The lowest BCUT2D eigenvalue weighted by Crippen LogP contribution is -2.27. The van der Waals surface area contributed by atoms with E-state index in [2.05, 4.69) is 13.8 Å². The van der Waals surface area contributed by atoms with Gasteiger partial charge in [0.15, 0.2) is 0 Å². The smallest absolute Gasteiger partial charge is 0.254 e. The second-order valence-corrected chi connectivity index (χ2v) is 5.86. The molecule has 0 radical (unpaired) electrons. The summed E-state index contributed by atoms with van der Waals surface area (Å²) in [5, 5.41) is -0.395. The molecule has 0 aliphatic rings. The van der Waals surface area contributed by atoms with E-state index >= 15 is 0 Å². The van der Waals surface area contributed by atoms with Gasteiger partial charge in [-0.15, -0.1) is 0 Å². The molecule has 1 heterocycles. The molecule has 106 valence electrons. The number of hydrogen-bond acceptors (Lipinski definition) is 2. The van der Waals surface area contributed by atoms with Crippen LogP contribution in [0.3, 0.4) is 0 Å². The Morgan fingerprint density at radius 1 is 1.37 bits per heavy atom. The van der Waals surface area contributed by atoms with Crippen LogP contribution >= 0.6 is 11.6 Å². The zero-order chi connectivity index (χ0) is 14.6. The Morgan fingerprint density at radius 2 is 2.00 bits per heavy atom. The number of halogens is 1. The summed E-state index contributed by atoms with van der Waals surface area (Å²) in [6.45, 7) is 8.87. The van der Waals surface area contributed by atoms with Crippen LogP contribution in [0.2, 0.25) is 0 Å². The molecule has 1 aromatic heterocycles. The summed E-state index contributed by atoms with van der Waals surface area (Å²) < 4.78 is 1.81. The van der Waals surface area contributed by atoms with Crippen LogP contribution in [0, 0.1) is 19.8 Å². The van der Waals surface area contributed by atoms with Gasteiger partial charge in [0.05, 0.1) is 0 Å². The van der Waals surface area contributed by atoms with Gasteiger partial charge in [-0.1, -0.05) is 13.8 Å². The van der Waals surface area contributed by atoms with Crippen molar-refractivity contribution in [2.24, 2.45) is 5.92 Å². The highest BCUT2D eigenvalue weighted by Crippen LogP contribution is 2.11. The Labute approximate surface area is 119 Å². The van der Waals surface area contributed by atoms with Gasteiger partial charge < -0.3 is 4.57 Å². The molecule has 0 atom stereocenters. The minimum atomic E-state index is -0.395. The quantitative estimate of drug-likeness (QED) is 0.752. The highest BCUT2D eigenvalue weighted by molar-refractivity contribution is 6.63. The van der Waals surface area contributed by atoms with E-state index < -0.39 is 5.24 Å². The minimum Gasteiger partial charge on any atom is -0.313 e. The van der Waals surface area contributed by atoms with E-state index in [1.54, 1.807) is 4.57 Å². The van der Waals surface area contributed by atoms with Crippen molar-refractivity contribution < 1.29 is 4.79 Å². The number of carbonyl (C=O) groups excluding carboxylic acids is 1. The molecule has 1 aromatic rings. The molecule has 0 amide bonds. The Kier molecular flexibility index (Phi) is 5.80. The Balaban J connectivity index is 3.07. The van der Waals surface area contributed by atoms with Crippen LogP contribution in [-0.2, 0) is 17.8 Å². The van der Waals surface area contributed by atoms with E-state index in [1.807, 2.05) is 19.9 Å². The lowest BCUT2D eigenvalue weighted by Gasteiger charge is -2.15. The van der Waals surface area contributed by atoms with E-state index in [9.17, 15) is 9.59 Å². The third kappa shape index (κ3) is 4.50. The fourth-order valence-electron chi connectivity index (χ4n) is 2.16. The molecule has 3 nitrogen and oxygen atoms in total. The highest BCUT2D eigenvalue weighted by atomic mass is 35.5. The fraction of sp³-hybridized carbons (Fsp3) is 0.600. The van der Waals surface area contributed by atoms with Crippen molar-refractivity contribution in [3.8, 4) is 0 Å². The van der Waals surface area contributed by atoms with Gasteiger partial charge in [-0.05, 0) is 55.8 Å². The number of nitrogens with zero attached hydrogens (tertiary/aromatic N) is 1. The van der Waals surface area contributed by atoms with Crippen LogP contribution in [0.25, 0.3) is 0 Å². The summed E-state index contributed by atoms with van der Waals surface area (Å²) in [6, 6.07) is 2.01. The van der Waals surface area contributed by atoms with Crippen molar-refractivity contribution in [1.29, 1.82) is 0 Å². The van der Waals surface area contributed by atoms with Gasteiger partial charge in [0.2, 0.25) is 5.24 Å². The first-order valence-corrected chi connectivity index (χ1v) is 7.09. The predicted molar refractivity (Wildman–Crippen MR) is 78.8 cm³/mol. The van der Waals surface area contributed by atoms with Crippen LogP contribution in [0.5, 0.6) is 0 Å². The van der Waals surface area contributed by atoms with Crippen molar-refractivity contribution in [3.63, 3.8) is 0 Å². The summed E-state index contributed by atoms with van der Waals surface area (Å²) in [7, 11) is 0. The average Bonchev–Trinajstić information content (AvgIpc) is 2.27. The molecule has 0 bridgehead atoms. The molecule has 4 heteroatoms. The van der Waals surface area contributed by atoms with Gasteiger partial charge >= 0.3 is 0 Å². The van der Waals surface area contributed by atoms with Crippen molar-refractivity contribution >= 4 is 16.8 Å². The monoisotopic (exact) mass is 283 g/mol. The van der Waals surface area contributed by atoms with Gasteiger partial charge in [0, 0.05) is 24.2 Å². The van der Waals surface area contributed by atoms with Crippen LogP contribution in [-0.4, -0.2) is 9.81 Å². The lowest BCUT2D eigenvalue weighted by atomic mass is 10.0.